The van der Waals surface area contributed by atoms with Gasteiger partial charge in [-0.25, -0.2) is 5.01 Å². The number of nitrogens with one attached hydrogen (secondary N) is 1. The fourth-order valence-electron chi connectivity index (χ4n) is 2.70. The highest BCUT2D eigenvalue weighted by atomic mass is 19.4. The molecule has 1 heterocycles. The molecule has 132 valence electrons. The van der Waals surface area contributed by atoms with E-state index in [0.717, 1.165) is 5.01 Å². The van der Waals surface area contributed by atoms with Gasteiger partial charge >= 0.3 is 6.18 Å². The van der Waals surface area contributed by atoms with Gasteiger partial charge in [0.2, 0.25) is 5.91 Å². The third kappa shape index (κ3) is 3.84. The van der Waals surface area contributed by atoms with Gasteiger partial charge in [0.15, 0.2) is 0 Å². The van der Waals surface area contributed by atoms with E-state index in [1.807, 2.05) is 0 Å². The highest BCUT2D eigenvalue weighted by molar-refractivity contribution is 5.83. The van der Waals surface area contributed by atoms with Crippen molar-refractivity contribution in [3.8, 4) is 0 Å². The maximum absolute atomic E-state index is 13.4. The Hall–Kier alpha value is -2.16. The predicted octanol–water partition coefficient (Wildman–Crippen LogP) is 2.83. The van der Waals surface area contributed by atoms with Crippen molar-refractivity contribution in [3.05, 3.63) is 39.9 Å². The highest BCUT2D eigenvalue weighted by Crippen LogP contribution is 2.33. The highest BCUT2D eigenvalue weighted by Gasteiger charge is 2.50. The maximum atomic E-state index is 13.4. The Morgan fingerprint density at radius 3 is 2.50 bits per heavy atom. The maximum Gasteiger partial charge on any atom is 0.405 e. The SMILES string of the molecule is CC1(C)CN([C@@H](CCc2ccccc2[N+](=O)[O-])C(F)(F)F)NC1=O. The standard InChI is InChI=1S/C15H18F3N3O3/c1-14(2)9-20(19-13(14)22)12(15(16,17)18)8-7-10-5-3-4-6-11(10)21(23)24/h3-6,12H,7-9H2,1-2H3,(H,19,22)/t12-/m0/s1. The van der Waals surface area contributed by atoms with E-state index in [1.165, 1.54) is 18.2 Å². The molecule has 1 amide bonds. The molecule has 0 saturated carbocycles. The molecule has 2 rings (SSSR count). The lowest BCUT2D eigenvalue weighted by atomic mass is 9.94. The second-order valence-electron chi connectivity index (χ2n) is 6.43. The molecule has 1 saturated heterocycles. The molecule has 24 heavy (non-hydrogen) atoms. The Labute approximate surface area is 136 Å². The van der Waals surface area contributed by atoms with Crippen LogP contribution in [0.2, 0.25) is 0 Å². The first-order valence-electron chi connectivity index (χ1n) is 7.39. The summed E-state index contributed by atoms with van der Waals surface area (Å²) >= 11 is 0. The molecule has 0 radical (unpaired) electrons. The quantitative estimate of drug-likeness (QED) is 0.658. The molecular formula is C15H18F3N3O3. The molecule has 6 nitrogen and oxygen atoms in total. The van der Waals surface area contributed by atoms with Gasteiger partial charge in [0.05, 0.1) is 10.3 Å². The number of hydrogen-bond acceptors (Lipinski definition) is 4. The first-order valence-corrected chi connectivity index (χ1v) is 7.39. The molecule has 0 spiro atoms. The van der Waals surface area contributed by atoms with Gasteiger partial charge in [-0.05, 0) is 26.7 Å². The molecular weight excluding hydrogens is 327 g/mol. The van der Waals surface area contributed by atoms with E-state index in [-0.39, 0.29) is 30.6 Å². The molecule has 1 aromatic rings. The Bertz CT molecular complexity index is 646. The first kappa shape index (κ1) is 18.2. The molecule has 1 aliphatic rings. The summed E-state index contributed by atoms with van der Waals surface area (Å²) in [6.45, 7) is 3.06. The zero-order valence-electron chi connectivity index (χ0n) is 13.3. The van der Waals surface area contributed by atoms with Gasteiger partial charge in [-0.2, -0.15) is 13.2 Å². The van der Waals surface area contributed by atoms with E-state index in [9.17, 15) is 28.1 Å². The van der Waals surface area contributed by atoms with E-state index in [2.05, 4.69) is 5.43 Å². The predicted molar refractivity (Wildman–Crippen MR) is 79.9 cm³/mol. The number of nitro groups is 1. The summed E-state index contributed by atoms with van der Waals surface area (Å²) in [5.41, 5.74) is 1.38. The van der Waals surface area contributed by atoms with E-state index in [0.29, 0.717) is 0 Å². The number of hydrogen-bond donors (Lipinski definition) is 1. The zero-order chi connectivity index (χ0) is 18.1. The number of nitro benzene ring substituents is 1. The lowest BCUT2D eigenvalue weighted by Gasteiger charge is -2.29. The van der Waals surface area contributed by atoms with Crippen molar-refractivity contribution in [1.82, 2.24) is 10.4 Å². The van der Waals surface area contributed by atoms with E-state index >= 15 is 0 Å². The van der Waals surface area contributed by atoms with Crippen LogP contribution in [0.15, 0.2) is 24.3 Å². The summed E-state index contributed by atoms with van der Waals surface area (Å²) in [5.74, 6) is -0.470. The molecule has 1 atom stereocenters. The molecule has 1 aliphatic heterocycles. The number of aryl methyl sites for hydroxylation is 1. The van der Waals surface area contributed by atoms with E-state index in [1.54, 1.807) is 19.9 Å². The molecule has 0 bridgehead atoms. The monoisotopic (exact) mass is 345 g/mol. The minimum absolute atomic E-state index is 0.0765. The van der Waals surface area contributed by atoms with Crippen LogP contribution in [-0.4, -0.2) is 34.6 Å². The van der Waals surface area contributed by atoms with Crippen LogP contribution in [0.4, 0.5) is 18.9 Å². The topological polar surface area (TPSA) is 75.5 Å². The van der Waals surface area contributed by atoms with Crippen molar-refractivity contribution >= 4 is 11.6 Å². The van der Waals surface area contributed by atoms with E-state index < -0.39 is 28.5 Å². The smallest absolute Gasteiger partial charge is 0.288 e. The fourth-order valence-corrected chi connectivity index (χ4v) is 2.70. The van der Waals surface area contributed by atoms with Crippen molar-refractivity contribution in [2.45, 2.75) is 38.9 Å². The van der Waals surface area contributed by atoms with Gasteiger partial charge in [0.1, 0.15) is 6.04 Å². The lowest BCUT2D eigenvalue weighted by Crippen LogP contribution is -2.50. The van der Waals surface area contributed by atoms with Gasteiger partial charge in [-0.15, -0.1) is 0 Å². The van der Waals surface area contributed by atoms with Crippen LogP contribution in [0.5, 0.6) is 0 Å². The molecule has 9 heteroatoms. The molecule has 0 aromatic heterocycles. The summed E-state index contributed by atoms with van der Waals surface area (Å²) in [7, 11) is 0. The number of para-hydroxylation sites is 1. The minimum atomic E-state index is -4.56. The van der Waals surface area contributed by atoms with Gasteiger partial charge < -0.3 is 0 Å². The van der Waals surface area contributed by atoms with Crippen molar-refractivity contribution in [2.24, 2.45) is 5.41 Å². The number of nitrogens with zero attached hydrogens (tertiary/aromatic N) is 2. The molecule has 1 fully saturated rings. The van der Waals surface area contributed by atoms with Crippen LogP contribution in [-0.2, 0) is 11.2 Å². The minimum Gasteiger partial charge on any atom is -0.288 e. The van der Waals surface area contributed by atoms with Gasteiger partial charge in [0.25, 0.3) is 5.69 Å². The Kier molecular flexibility index (Phi) is 4.84. The number of carbonyl (C=O) groups excluding carboxylic acids is 1. The average molecular weight is 345 g/mol. The van der Waals surface area contributed by atoms with Crippen molar-refractivity contribution in [1.29, 1.82) is 0 Å². The number of rotatable bonds is 5. The van der Waals surface area contributed by atoms with Crippen molar-refractivity contribution in [3.63, 3.8) is 0 Å². The summed E-state index contributed by atoms with van der Waals surface area (Å²) in [5, 5.41) is 11.8. The van der Waals surface area contributed by atoms with Crippen molar-refractivity contribution < 1.29 is 22.9 Å². The second kappa shape index (κ2) is 6.39. The summed E-state index contributed by atoms with van der Waals surface area (Å²) in [6.07, 6.45) is -5.06. The molecule has 0 aliphatic carbocycles. The number of hydrazine groups is 1. The second-order valence-corrected chi connectivity index (χ2v) is 6.43. The number of alkyl halides is 3. The van der Waals surface area contributed by atoms with Gasteiger partial charge in [-0.1, -0.05) is 18.2 Å². The Balaban J connectivity index is 2.17. The van der Waals surface area contributed by atoms with Crippen LogP contribution in [0.25, 0.3) is 0 Å². The molecule has 1 aromatic carbocycles. The average Bonchev–Trinajstić information content (AvgIpc) is 2.71. The number of amides is 1. The van der Waals surface area contributed by atoms with Crippen LogP contribution in [0, 0.1) is 15.5 Å². The van der Waals surface area contributed by atoms with Crippen LogP contribution in [0.1, 0.15) is 25.8 Å². The number of halogens is 3. The van der Waals surface area contributed by atoms with Gasteiger partial charge in [-0.3, -0.25) is 20.3 Å². The molecule has 1 N–H and O–H groups in total. The largest absolute Gasteiger partial charge is 0.405 e. The number of benzene rings is 1. The van der Waals surface area contributed by atoms with Gasteiger partial charge in [0, 0.05) is 18.2 Å². The molecule has 0 unspecified atom stereocenters. The number of carbonyl (C=O) groups is 1. The Morgan fingerprint density at radius 2 is 2.00 bits per heavy atom. The fraction of sp³-hybridized carbons (Fsp3) is 0.533. The van der Waals surface area contributed by atoms with Crippen molar-refractivity contribution in [2.75, 3.05) is 6.54 Å². The summed E-state index contributed by atoms with van der Waals surface area (Å²) in [6, 6.07) is 3.82. The third-order valence-corrected chi connectivity index (χ3v) is 4.05. The normalized spacial score (nSPS) is 19.1. The van der Waals surface area contributed by atoms with Crippen LogP contribution in [0.3, 0.4) is 0 Å². The Morgan fingerprint density at radius 1 is 1.38 bits per heavy atom. The lowest BCUT2D eigenvalue weighted by molar-refractivity contribution is -0.385. The van der Waals surface area contributed by atoms with Crippen LogP contribution >= 0.6 is 0 Å². The summed E-state index contributed by atoms with van der Waals surface area (Å²) < 4.78 is 40.2. The zero-order valence-corrected chi connectivity index (χ0v) is 13.3. The van der Waals surface area contributed by atoms with E-state index in [4.69, 9.17) is 0 Å². The van der Waals surface area contributed by atoms with Crippen LogP contribution < -0.4 is 5.43 Å². The summed E-state index contributed by atoms with van der Waals surface area (Å²) in [4.78, 5) is 22.1. The first-order chi connectivity index (χ1) is 11.0. The third-order valence-electron chi connectivity index (χ3n) is 4.05.